The van der Waals surface area contributed by atoms with E-state index in [0.29, 0.717) is 24.8 Å². The van der Waals surface area contributed by atoms with Crippen LogP contribution in [0.25, 0.3) is 0 Å². The van der Waals surface area contributed by atoms with Gasteiger partial charge < -0.3 is 19.3 Å². The van der Waals surface area contributed by atoms with Gasteiger partial charge in [0.05, 0.1) is 6.54 Å². The Morgan fingerprint density at radius 1 is 1.17 bits per heavy atom. The molecule has 2 aromatic rings. The number of hydrogen-bond acceptors (Lipinski definition) is 7. The van der Waals surface area contributed by atoms with E-state index < -0.39 is 23.8 Å². The van der Waals surface area contributed by atoms with E-state index in [1.54, 1.807) is 46.8 Å². The first-order valence-electron chi connectivity index (χ1n) is 9.40. The Hall–Kier alpha value is -2.75. The average Bonchev–Trinajstić information content (AvgIpc) is 3.03. The number of alkyl halides is 2. The molecule has 0 saturated carbocycles. The highest BCUT2D eigenvalue weighted by Gasteiger charge is 2.31. The molecule has 8 nitrogen and oxygen atoms in total. The Morgan fingerprint density at radius 2 is 1.80 bits per heavy atom. The third-order valence-corrected chi connectivity index (χ3v) is 3.85. The number of ether oxygens (including phenoxy) is 2. The maximum atomic E-state index is 12.2. The zero-order valence-corrected chi connectivity index (χ0v) is 18.0. The molecule has 0 unspecified atom stereocenters. The summed E-state index contributed by atoms with van der Waals surface area (Å²) in [6.07, 6.45) is -0.574. The highest BCUT2D eigenvalue weighted by Crippen LogP contribution is 2.20. The van der Waals surface area contributed by atoms with Gasteiger partial charge in [-0.15, -0.1) is 0 Å². The molecule has 1 aromatic carbocycles. The van der Waals surface area contributed by atoms with Gasteiger partial charge in [-0.3, -0.25) is 4.90 Å². The maximum absolute atomic E-state index is 12.2. The fourth-order valence-corrected chi connectivity index (χ4v) is 2.56. The minimum atomic E-state index is -2.85. The molecular weight excluding hydrogens is 398 g/mol. The highest BCUT2D eigenvalue weighted by molar-refractivity contribution is 5.68. The Kier molecular flexibility index (Phi) is 7.35. The first kappa shape index (κ1) is 23.5. The first-order valence-corrected chi connectivity index (χ1v) is 9.40. The molecule has 166 valence electrons. The lowest BCUT2D eigenvalue weighted by atomic mass is 10.1. The van der Waals surface area contributed by atoms with Crippen LogP contribution in [-0.2, 0) is 23.4 Å². The molecule has 0 fully saturated rings. The number of alkyl carbamates (subject to hydrolysis) is 1. The summed E-state index contributed by atoms with van der Waals surface area (Å²) < 4.78 is 39.3. The molecule has 1 amide bonds. The predicted molar refractivity (Wildman–Crippen MR) is 105 cm³/mol. The molecule has 1 heterocycles. The number of nitrogens with one attached hydrogen (secondary N) is 1. The molecular formula is C20H28F2N4O4. The van der Waals surface area contributed by atoms with Crippen molar-refractivity contribution in [2.45, 2.75) is 65.5 Å². The topological polar surface area (TPSA) is 89.7 Å². The number of halogens is 2. The fraction of sp³-hybridized carbons (Fsp3) is 0.550. The van der Waals surface area contributed by atoms with Gasteiger partial charge in [-0.05, 0) is 59.4 Å². The number of rotatable bonds is 8. The van der Waals surface area contributed by atoms with Gasteiger partial charge in [0, 0.05) is 6.54 Å². The van der Waals surface area contributed by atoms with Crippen LogP contribution in [-0.4, -0.2) is 40.4 Å². The van der Waals surface area contributed by atoms with Crippen LogP contribution in [0.1, 0.15) is 51.9 Å². The summed E-state index contributed by atoms with van der Waals surface area (Å²) in [6, 6.07) is 6.40. The summed E-state index contributed by atoms with van der Waals surface area (Å²) >= 11 is 0. The van der Waals surface area contributed by atoms with Crippen molar-refractivity contribution in [3.05, 3.63) is 41.5 Å². The number of amides is 1. The number of carbonyl (C=O) groups is 1. The van der Waals surface area contributed by atoms with Gasteiger partial charge in [0.15, 0.2) is 5.82 Å². The number of benzene rings is 1. The van der Waals surface area contributed by atoms with Crippen LogP contribution in [0.3, 0.4) is 0 Å². The molecule has 0 bridgehead atoms. The molecule has 2 rings (SSSR count). The van der Waals surface area contributed by atoms with Gasteiger partial charge in [-0.2, -0.15) is 13.8 Å². The van der Waals surface area contributed by atoms with Gasteiger partial charge in [0.25, 0.3) is 0 Å². The van der Waals surface area contributed by atoms with Crippen molar-refractivity contribution in [2.24, 2.45) is 0 Å². The van der Waals surface area contributed by atoms with Crippen molar-refractivity contribution in [1.82, 2.24) is 20.4 Å². The lowest BCUT2D eigenvalue weighted by molar-refractivity contribution is -0.0498. The number of nitrogens with zero attached hydrogens (tertiary/aromatic N) is 3. The summed E-state index contributed by atoms with van der Waals surface area (Å²) in [5, 5.41) is 6.70. The van der Waals surface area contributed by atoms with Crippen molar-refractivity contribution in [2.75, 3.05) is 7.05 Å². The Bertz CT molecular complexity index is 832. The molecule has 1 aromatic heterocycles. The molecule has 30 heavy (non-hydrogen) atoms. The molecule has 0 saturated heterocycles. The standard InChI is InChI=1S/C20H28F2N4O4/c1-19(2,3)29-18(27)24-20(4,5)16-23-15(30-25-16)12-26(6)11-13-7-9-14(10-8-13)28-17(21)22/h7-10,17H,11-12H2,1-6H3,(H,24,27). The van der Waals surface area contributed by atoms with Crippen molar-refractivity contribution in [3.63, 3.8) is 0 Å². The van der Waals surface area contributed by atoms with Gasteiger partial charge >= 0.3 is 12.7 Å². The van der Waals surface area contributed by atoms with E-state index in [1.807, 2.05) is 11.9 Å². The number of aromatic nitrogens is 2. The molecule has 0 spiro atoms. The minimum absolute atomic E-state index is 0.109. The third kappa shape index (κ3) is 7.58. The largest absolute Gasteiger partial charge is 0.444 e. The van der Waals surface area contributed by atoms with Crippen LogP contribution in [0.5, 0.6) is 5.75 Å². The normalized spacial score (nSPS) is 12.3. The summed E-state index contributed by atoms with van der Waals surface area (Å²) in [7, 11) is 1.86. The molecule has 0 aliphatic rings. The summed E-state index contributed by atoms with van der Waals surface area (Å²) in [5.74, 6) is 0.812. The van der Waals surface area contributed by atoms with Gasteiger partial charge in [0.2, 0.25) is 5.89 Å². The second-order valence-electron chi connectivity index (χ2n) is 8.46. The SMILES string of the molecule is CN(Cc1ccc(OC(F)F)cc1)Cc1nc(C(C)(C)NC(=O)OC(C)(C)C)no1. The first-order chi connectivity index (χ1) is 13.8. The Balaban J connectivity index is 1.93. The second-order valence-corrected chi connectivity index (χ2v) is 8.46. The van der Waals surface area contributed by atoms with Crippen LogP contribution in [0.15, 0.2) is 28.8 Å². The molecule has 1 N–H and O–H groups in total. The van der Waals surface area contributed by atoms with Crippen molar-refractivity contribution in [3.8, 4) is 5.75 Å². The molecule has 0 radical (unpaired) electrons. The Morgan fingerprint density at radius 3 is 2.37 bits per heavy atom. The van der Waals surface area contributed by atoms with E-state index in [0.717, 1.165) is 5.56 Å². The average molecular weight is 426 g/mol. The van der Waals surface area contributed by atoms with E-state index in [-0.39, 0.29) is 5.75 Å². The van der Waals surface area contributed by atoms with Gasteiger partial charge in [-0.25, -0.2) is 4.79 Å². The quantitative estimate of drug-likeness (QED) is 0.681. The smallest absolute Gasteiger partial charge is 0.408 e. The van der Waals surface area contributed by atoms with Gasteiger partial charge in [-0.1, -0.05) is 17.3 Å². The third-order valence-electron chi connectivity index (χ3n) is 3.85. The monoisotopic (exact) mass is 426 g/mol. The predicted octanol–water partition coefficient (Wildman–Crippen LogP) is 4.06. The zero-order valence-electron chi connectivity index (χ0n) is 18.0. The molecule has 0 aliphatic carbocycles. The summed E-state index contributed by atoms with van der Waals surface area (Å²) in [4.78, 5) is 18.3. The maximum Gasteiger partial charge on any atom is 0.408 e. The van der Waals surface area contributed by atoms with Crippen LogP contribution in [0.2, 0.25) is 0 Å². The van der Waals surface area contributed by atoms with E-state index in [9.17, 15) is 13.6 Å². The van der Waals surface area contributed by atoms with Crippen LogP contribution in [0.4, 0.5) is 13.6 Å². The van der Waals surface area contributed by atoms with E-state index in [1.165, 1.54) is 12.1 Å². The molecule has 10 heteroatoms. The molecule has 0 aliphatic heterocycles. The van der Waals surface area contributed by atoms with Crippen LogP contribution >= 0.6 is 0 Å². The Labute approximate surface area is 174 Å². The number of hydrogen-bond donors (Lipinski definition) is 1. The van der Waals surface area contributed by atoms with E-state index in [4.69, 9.17) is 9.26 Å². The highest BCUT2D eigenvalue weighted by atomic mass is 19.3. The zero-order chi connectivity index (χ0) is 22.5. The van der Waals surface area contributed by atoms with Crippen molar-refractivity contribution >= 4 is 6.09 Å². The van der Waals surface area contributed by atoms with Crippen molar-refractivity contribution in [1.29, 1.82) is 0 Å². The van der Waals surface area contributed by atoms with E-state index >= 15 is 0 Å². The van der Waals surface area contributed by atoms with Crippen LogP contribution < -0.4 is 10.1 Å². The lowest BCUT2D eigenvalue weighted by Gasteiger charge is -2.26. The fourth-order valence-electron chi connectivity index (χ4n) is 2.56. The minimum Gasteiger partial charge on any atom is -0.444 e. The lowest BCUT2D eigenvalue weighted by Crippen LogP contribution is -2.44. The van der Waals surface area contributed by atoms with Gasteiger partial charge in [0.1, 0.15) is 16.9 Å². The van der Waals surface area contributed by atoms with Crippen molar-refractivity contribution < 1.29 is 27.6 Å². The summed E-state index contributed by atoms with van der Waals surface area (Å²) in [6.45, 7) is 6.89. The van der Waals surface area contributed by atoms with E-state index in [2.05, 4.69) is 20.2 Å². The summed E-state index contributed by atoms with van der Waals surface area (Å²) in [5.41, 5.74) is -0.594. The molecule has 0 atom stereocenters. The number of carbonyl (C=O) groups excluding carboxylic acids is 1. The second kappa shape index (κ2) is 9.38. The van der Waals surface area contributed by atoms with Crippen LogP contribution in [0, 0.1) is 0 Å².